The molecule has 0 fully saturated rings. The lowest BCUT2D eigenvalue weighted by molar-refractivity contribution is -0.129. The van der Waals surface area contributed by atoms with E-state index in [1.807, 2.05) is 24.3 Å². The number of fused-ring (bicyclic) bond motifs is 1. The zero-order valence-corrected chi connectivity index (χ0v) is 7.77. The second-order valence-corrected chi connectivity index (χ2v) is 3.34. The molecule has 1 aliphatic heterocycles. The summed E-state index contributed by atoms with van der Waals surface area (Å²) in [6.45, 7) is 0.647. The molecule has 72 valence electrons. The Bertz CT molecular complexity index is 373. The van der Waals surface area contributed by atoms with Gasteiger partial charge in [-0.2, -0.15) is 0 Å². The second-order valence-electron chi connectivity index (χ2n) is 3.34. The van der Waals surface area contributed by atoms with Crippen molar-refractivity contribution in [2.45, 2.75) is 12.8 Å². The van der Waals surface area contributed by atoms with Crippen molar-refractivity contribution in [2.24, 2.45) is 0 Å². The monoisotopic (exact) mass is 189 g/mol. The normalized spacial score (nSPS) is 14.7. The van der Waals surface area contributed by atoms with E-state index < -0.39 is 5.91 Å². The third kappa shape index (κ3) is 1.41. The number of rotatable bonds is 1. The van der Waals surface area contributed by atoms with E-state index in [1.165, 1.54) is 0 Å². The summed E-state index contributed by atoms with van der Waals surface area (Å²) in [4.78, 5) is 23.3. The largest absolute Gasteiger partial charge is 0.306 e. The highest BCUT2D eigenvalue weighted by atomic mass is 16.2. The van der Waals surface area contributed by atoms with Crippen LogP contribution in [0.3, 0.4) is 0 Å². The Kier molecular flexibility index (Phi) is 2.31. The third-order valence-electron chi connectivity index (χ3n) is 2.48. The van der Waals surface area contributed by atoms with Crippen LogP contribution in [0, 0.1) is 0 Å². The SMILES string of the molecule is O=CC(=O)N1CCCc2ccccc21. The lowest BCUT2D eigenvalue weighted by Crippen LogP contribution is -2.36. The molecular weight excluding hydrogens is 178 g/mol. The summed E-state index contributed by atoms with van der Waals surface area (Å²) in [5.41, 5.74) is 2.03. The van der Waals surface area contributed by atoms with Gasteiger partial charge in [-0.25, -0.2) is 0 Å². The van der Waals surface area contributed by atoms with Gasteiger partial charge in [0.15, 0.2) is 0 Å². The number of carbonyl (C=O) groups is 2. The van der Waals surface area contributed by atoms with Gasteiger partial charge in [-0.1, -0.05) is 18.2 Å². The molecular formula is C11H11NO2. The smallest absolute Gasteiger partial charge is 0.291 e. The molecule has 1 aliphatic rings. The zero-order valence-electron chi connectivity index (χ0n) is 7.77. The van der Waals surface area contributed by atoms with E-state index in [-0.39, 0.29) is 0 Å². The fourth-order valence-electron chi connectivity index (χ4n) is 1.83. The molecule has 1 heterocycles. The van der Waals surface area contributed by atoms with Gasteiger partial charge in [0.25, 0.3) is 5.91 Å². The van der Waals surface area contributed by atoms with Crippen LogP contribution in [0.15, 0.2) is 24.3 Å². The Morgan fingerprint density at radius 3 is 2.93 bits per heavy atom. The van der Waals surface area contributed by atoms with Crippen LogP contribution in [-0.4, -0.2) is 18.7 Å². The lowest BCUT2D eigenvalue weighted by atomic mass is 10.0. The van der Waals surface area contributed by atoms with Crippen LogP contribution in [0.5, 0.6) is 0 Å². The molecule has 1 amide bonds. The Hall–Kier alpha value is -1.64. The van der Waals surface area contributed by atoms with Gasteiger partial charge in [-0.05, 0) is 24.5 Å². The van der Waals surface area contributed by atoms with Crippen molar-refractivity contribution in [1.82, 2.24) is 0 Å². The Balaban J connectivity index is 2.40. The van der Waals surface area contributed by atoms with Crippen molar-refractivity contribution in [2.75, 3.05) is 11.4 Å². The molecule has 0 aromatic heterocycles. The van der Waals surface area contributed by atoms with Crippen LogP contribution in [0.25, 0.3) is 0 Å². The number of benzene rings is 1. The molecule has 1 aromatic carbocycles. The van der Waals surface area contributed by atoms with Gasteiger partial charge in [0, 0.05) is 12.2 Å². The molecule has 0 N–H and O–H groups in total. The topological polar surface area (TPSA) is 37.4 Å². The predicted octanol–water partition coefficient (Wildman–Crippen LogP) is 1.16. The molecule has 0 atom stereocenters. The van der Waals surface area contributed by atoms with Crippen molar-refractivity contribution < 1.29 is 9.59 Å². The molecule has 14 heavy (non-hydrogen) atoms. The standard InChI is InChI=1S/C11H11NO2/c13-8-11(14)12-7-3-5-9-4-1-2-6-10(9)12/h1-2,4,6,8H,3,5,7H2. The molecule has 0 unspecified atom stereocenters. The summed E-state index contributed by atoms with van der Waals surface area (Å²) in [5.74, 6) is -0.447. The Morgan fingerprint density at radius 2 is 2.14 bits per heavy atom. The van der Waals surface area contributed by atoms with Crippen LogP contribution < -0.4 is 4.90 Å². The molecule has 3 nitrogen and oxygen atoms in total. The van der Waals surface area contributed by atoms with Gasteiger partial charge in [0.1, 0.15) is 0 Å². The first-order valence-electron chi connectivity index (χ1n) is 4.67. The van der Waals surface area contributed by atoms with Crippen LogP contribution in [0.1, 0.15) is 12.0 Å². The van der Waals surface area contributed by atoms with E-state index in [2.05, 4.69) is 0 Å². The highest BCUT2D eigenvalue weighted by Gasteiger charge is 2.20. The lowest BCUT2D eigenvalue weighted by Gasteiger charge is -2.27. The highest BCUT2D eigenvalue weighted by Crippen LogP contribution is 2.26. The van der Waals surface area contributed by atoms with Crippen molar-refractivity contribution in [3.63, 3.8) is 0 Å². The molecule has 3 heteroatoms. The van der Waals surface area contributed by atoms with E-state index in [1.54, 1.807) is 4.90 Å². The number of anilines is 1. The van der Waals surface area contributed by atoms with E-state index in [9.17, 15) is 9.59 Å². The third-order valence-corrected chi connectivity index (χ3v) is 2.48. The highest BCUT2D eigenvalue weighted by molar-refractivity contribution is 6.30. The number of para-hydroxylation sites is 1. The molecule has 0 bridgehead atoms. The first kappa shape index (κ1) is 8.94. The maximum Gasteiger partial charge on any atom is 0.291 e. The Labute approximate surface area is 82.3 Å². The number of hydrogen-bond donors (Lipinski definition) is 0. The first-order valence-corrected chi connectivity index (χ1v) is 4.67. The van der Waals surface area contributed by atoms with Crippen LogP contribution in [-0.2, 0) is 16.0 Å². The Morgan fingerprint density at radius 1 is 1.36 bits per heavy atom. The molecule has 0 spiro atoms. The summed E-state index contributed by atoms with van der Waals surface area (Å²) < 4.78 is 0. The van der Waals surface area contributed by atoms with Gasteiger partial charge >= 0.3 is 0 Å². The minimum absolute atomic E-state index is 0.377. The van der Waals surface area contributed by atoms with Crippen molar-refractivity contribution in [3.05, 3.63) is 29.8 Å². The quantitative estimate of drug-likeness (QED) is 0.491. The minimum atomic E-state index is -0.447. The maximum atomic E-state index is 11.3. The molecule has 0 saturated carbocycles. The fourth-order valence-corrected chi connectivity index (χ4v) is 1.83. The van der Waals surface area contributed by atoms with Gasteiger partial charge in [0.05, 0.1) is 0 Å². The summed E-state index contributed by atoms with van der Waals surface area (Å²) in [5, 5.41) is 0. The molecule has 2 rings (SSSR count). The van der Waals surface area contributed by atoms with Crippen LogP contribution >= 0.6 is 0 Å². The number of hydrogen-bond acceptors (Lipinski definition) is 2. The first-order chi connectivity index (χ1) is 6.83. The van der Waals surface area contributed by atoms with Crippen LogP contribution in [0.4, 0.5) is 5.69 Å². The molecule has 0 aliphatic carbocycles. The summed E-state index contributed by atoms with van der Waals surface area (Å²) >= 11 is 0. The average molecular weight is 189 g/mol. The van der Waals surface area contributed by atoms with Gasteiger partial charge in [-0.3, -0.25) is 9.59 Å². The van der Waals surface area contributed by atoms with Crippen molar-refractivity contribution in [1.29, 1.82) is 0 Å². The minimum Gasteiger partial charge on any atom is -0.306 e. The number of aldehydes is 1. The van der Waals surface area contributed by atoms with E-state index >= 15 is 0 Å². The average Bonchev–Trinajstić information content (AvgIpc) is 2.27. The summed E-state index contributed by atoms with van der Waals surface area (Å²) in [6.07, 6.45) is 2.29. The zero-order chi connectivity index (χ0) is 9.97. The molecule has 1 aromatic rings. The van der Waals surface area contributed by atoms with Gasteiger partial charge < -0.3 is 4.90 Å². The maximum absolute atomic E-state index is 11.3. The van der Waals surface area contributed by atoms with E-state index in [0.717, 1.165) is 24.1 Å². The molecule has 0 radical (unpaired) electrons. The van der Waals surface area contributed by atoms with Crippen molar-refractivity contribution >= 4 is 17.9 Å². The van der Waals surface area contributed by atoms with Gasteiger partial charge in [-0.15, -0.1) is 0 Å². The number of aryl methyl sites for hydroxylation is 1. The predicted molar refractivity (Wildman–Crippen MR) is 53.2 cm³/mol. The number of amides is 1. The second kappa shape index (κ2) is 3.62. The summed E-state index contributed by atoms with van der Waals surface area (Å²) in [6, 6.07) is 7.72. The van der Waals surface area contributed by atoms with Crippen LogP contribution in [0.2, 0.25) is 0 Å². The number of nitrogens with zero attached hydrogens (tertiary/aromatic N) is 1. The fraction of sp³-hybridized carbons (Fsp3) is 0.273. The number of carbonyl (C=O) groups excluding carboxylic acids is 2. The molecule has 0 saturated heterocycles. The van der Waals surface area contributed by atoms with Gasteiger partial charge in [0.2, 0.25) is 6.29 Å². The van der Waals surface area contributed by atoms with E-state index in [4.69, 9.17) is 0 Å². The van der Waals surface area contributed by atoms with E-state index in [0.29, 0.717) is 12.8 Å². The van der Waals surface area contributed by atoms with Crippen molar-refractivity contribution in [3.8, 4) is 0 Å². The summed E-state index contributed by atoms with van der Waals surface area (Å²) in [7, 11) is 0.